The Morgan fingerprint density at radius 2 is 2.05 bits per heavy atom. The maximum atomic E-state index is 12.0. The highest BCUT2D eigenvalue weighted by Gasteiger charge is 2.07. The van der Waals surface area contributed by atoms with Crippen molar-refractivity contribution in [2.75, 3.05) is 0 Å². The highest BCUT2D eigenvalue weighted by molar-refractivity contribution is 9.11. The van der Waals surface area contributed by atoms with Crippen molar-refractivity contribution in [1.82, 2.24) is 20.1 Å². The van der Waals surface area contributed by atoms with Gasteiger partial charge >= 0.3 is 0 Å². The summed E-state index contributed by atoms with van der Waals surface area (Å²) in [6.07, 6.45) is 3.21. The van der Waals surface area contributed by atoms with E-state index in [0.717, 1.165) is 14.9 Å². The predicted molar refractivity (Wildman–Crippen MR) is 88.8 cm³/mol. The Morgan fingerprint density at radius 3 is 2.68 bits per heavy atom. The molecule has 0 atom stereocenters. The number of benzene rings is 1. The number of rotatable bonds is 5. The second-order valence-electron chi connectivity index (χ2n) is 4.73. The molecule has 3 rings (SSSR count). The molecule has 0 aliphatic carbocycles. The van der Waals surface area contributed by atoms with E-state index in [4.69, 9.17) is 0 Å². The van der Waals surface area contributed by atoms with Gasteiger partial charge in [-0.05, 0) is 33.1 Å². The van der Waals surface area contributed by atoms with Crippen molar-refractivity contribution in [2.45, 2.75) is 13.1 Å². The zero-order valence-corrected chi connectivity index (χ0v) is 14.0. The fraction of sp³-hybridized carbons (Fsp3) is 0.133. The summed E-state index contributed by atoms with van der Waals surface area (Å²) in [5.74, 6) is -0.0614. The van der Waals surface area contributed by atoms with Gasteiger partial charge in [0, 0.05) is 11.9 Å². The average Bonchev–Trinajstić information content (AvgIpc) is 3.18. The highest BCUT2D eigenvalue weighted by atomic mass is 79.9. The number of carbonyl (C=O) groups is 1. The third-order valence-corrected chi connectivity index (χ3v) is 4.62. The minimum absolute atomic E-state index is 0.0614. The molecule has 3 aromatic rings. The molecule has 5 nitrogen and oxygen atoms in total. The van der Waals surface area contributed by atoms with Crippen LogP contribution in [0.1, 0.15) is 21.5 Å². The van der Waals surface area contributed by atoms with Gasteiger partial charge in [0.2, 0.25) is 0 Å². The molecule has 1 N–H and O–H groups in total. The number of amides is 1. The van der Waals surface area contributed by atoms with Crippen molar-refractivity contribution >= 4 is 33.2 Å². The molecule has 0 unspecified atom stereocenters. The third-order valence-electron chi connectivity index (χ3n) is 3.12. The van der Waals surface area contributed by atoms with E-state index in [2.05, 4.69) is 31.3 Å². The molecular formula is C15H13BrN4OS. The Kier molecular flexibility index (Phi) is 4.65. The lowest BCUT2D eigenvalue weighted by molar-refractivity contribution is 0.0951. The molecule has 0 aliphatic rings. The molecule has 7 heteroatoms. The van der Waals surface area contributed by atoms with Crippen LogP contribution in [-0.2, 0) is 13.1 Å². The zero-order valence-electron chi connectivity index (χ0n) is 11.6. The summed E-state index contributed by atoms with van der Waals surface area (Å²) in [5.41, 5.74) is 2.88. The molecular weight excluding hydrogens is 364 g/mol. The van der Waals surface area contributed by atoms with Crippen LogP contribution < -0.4 is 5.32 Å². The lowest BCUT2D eigenvalue weighted by Gasteiger charge is -2.06. The Bertz CT molecular complexity index is 752. The van der Waals surface area contributed by atoms with E-state index in [1.807, 2.05) is 35.7 Å². The van der Waals surface area contributed by atoms with Crippen molar-refractivity contribution in [2.24, 2.45) is 0 Å². The van der Waals surface area contributed by atoms with Gasteiger partial charge < -0.3 is 5.32 Å². The third kappa shape index (κ3) is 3.80. The second-order valence-corrected chi connectivity index (χ2v) is 7.02. The molecule has 0 radical (unpaired) electrons. The first kappa shape index (κ1) is 14.9. The van der Waals surface area contributed by atoms with Gasteiger partial charge in [-0.25, -0.2) is 9.67 Å². The van der Waals surface area contributed by atoms with E-state index in [1.165, 1.54) is 17.7 Å². The standard InChI is InChI=1S/C15H13BrN4OS/c16-14-5-13(8-22-14)15(21)18-6-11-1-3-12(4-2-11)7-20-10-17-9-19-20/h1-5,8-10H,6-7H2,(H,18,21). The van der Waals surface area contributed by atoms with Crippen LogP contribution in [-0.4, -0.2) is 20.7 Å². The smallest absolute Gasteiger partial charge is 0.252 e. The Morgan fingerprint density at radius 1 is 1.27 bits per heavy atom. The van der Waals surface area contributed by atoms with Crippen LogP contribution in [0.25, 0.3) is 0 Å². The van der Waals surface area contributed by atoms with Gasteiger partial charge in [-0.3, -0.25) is 4.79 Å². The van der Waals surface area contributed by atoms with E-state index >= 15 is 0 Å². The van der Waals surface area contributed by atoms with Crippen molar-refractivity contribution in [1.29, 1.82) is 0 Å². The maximum absolute atomic E-state index is 12.0. The summed E-state index contributed by atoms with van der Waals surface area (Å²) in [6.45, 7) is 1.20. The molecule has 0 bridgehead atoms. The van der Waals surface area contributed by atoms with Crippen LogP contribution in [0.15, 0.2) is 52.2 Å². The van der Waals surface area contributed by atoms with Crippen LogP contribution in [0.4, 0.5) is 0 Å². The fourth-order valence-corrected chi connectivity index (χ4v) is 3.11. The summed E-state index contributed by atoms with van der Waals surface area (Å²) in [5, 5.41) is 8.82. The molecule has 2 aromatic heterocycles. The molecule has 0 saturated heterocycles. The minimum Gasteiger partial charge on any atom is -0.348 e. The van der Waals surface area contributed by atoms with E-state index < -0.39 is 0 Å². The first-order valence-corrected chi connectivity index (χ1v) is 8.30. The number of hydrogen-bond donors (Lipinski definition) is 1. The maximum Gasteiger partial charge on any atom is 0.252 e. The summed E-state index contributed by atoms with van der Waals surface area (Å²) in [4.78, 5) is 15.9. The summed E-state index contributed by atoms with van der Waals surface area (Å²) >= 11 is 4.86. The molecule has 1 aromatic carbocycles. The topological polar surface area (TPSA) is 59.8 Å². The molecule has 22 heavy (non-hydrogen) atoms. The van der Waals surface area contributed by atoms with Gasteiger partial charge in [0.1, 0.15) is 12.7 Å². The first-order valence-electron chi connectivity index (χ1n) is 6.63. The van der Waals surface area contributed by atoms with E-state index in [9.17, 15) is 4.79 Å². The molecule has 0 fully saturated rings. The van der Waals surface area contributed by atoms with Gasteiger partial charge in [0.15, 0.2) is 0 Å². The molecule has 1 amide bonds. The van der Waals surface area contributed by atoms with Crippen molar-refractivity contribution < 1.29 is 4.79 Å². The normalized spacial score (nSPS) is 10.6. The molecule has 112 valence electrons. The van der Waals surface area contributed by atoms with Crippen molar-refractivity contribution in [3.05, 3.63) is 68.8 Å². The molecule has 0 aliphatic heterocycles. The minimum atomic E-state index is -0.0614. The second kappa shape index (κ2) is 6.85. The fourth-order valence-electron chi connectivity index (χ4n) is 1.98. The Balaban J connectivity index is 1.56. The van der Waals surface area contributed by atoms with Gasteiger partial charge in [-0.15, -0.1) is 11.3 Å². The monoisotopic (exact) mass is 376 g/mol. The van der Waals surface area contributed by atoms with Crippen LogP contribution in [0.2, 0.25) is 0 Å². The van der Waals surface area contributed by atoms with Crippen LogP contribution in [0.3, 0.4) is 0 Å². The average molecular weight is 377 g/mol. The molecule has 0 spiro atoms. The number of nitrogens with one attached hydrogen (secondary N) is 1. The number of thiophene rings is 1. The number of hydrogen-bond acceptors (Lipinski definition) is 4. The number of carbonyl (C=O) groups excluding carboxylic acids is 1. The number of nitrogens with zero attached hydrogens (tertiary/aromatic N) is 3. The largest absolute Gasteiger partial charge is 0.348 e. The summed E-state index contributed by atoms with van der Waals surface area (Å²) < 4.78 is 2.72. The predicted octanol–water partition coefficient (Wildman–Crippen LogP) is 3.08. The first-order chi connectivity index (χ1) is 10.7. The van der Waals surface area contributed by atoms with E-state index in [0.29, 0.717) is 18.7 Å². The van der Waals surface area contributed by atoms with E-state index in [-0.39, 0.29) is 5.91 Å². The molecule has 0 saturated carbocycles. The lowest BCUT2D eigenvalue weighted by Crippen LogP contribution is -2.22. The van der Waals surface area contributed by atoms with Gasteiger partial charge in [-0.2, -0.15) is 5.10 Å². The van der Waals surface area contributed by atoms with Crippen molar-refractivity contribution in [3.63, 3.8) is 0 Å². The van der Waals surface area contributed by atoms with Gasteiger partial charge in [0.25, 0.3) is 5.91 Å². The summed E-state index contributed by atoms with van der Waals surface area (Å²) in [6, 6.07) is 9.90. The SMILES string of the molecule is O=C(NCc1ccc(Cn2cncn2)cc1)c1csc(Br)c1. The Hall–Kier alpha value is -1.99. The van der Waals surface area contributed by atoms with Crippen molar-refractivity contribution in [3.8, 4) is 0 Å². The number of halogens is 1. The van der Waals surface area contributed by atoms with E-state index in [1.54, 1.807) is 11.0 Å². The Labute approximate surface area is 140 Å². The van der Waals surface area contributed by atoms with Crippen LogP contribution >= 0.6 is 27.3 Å². The number of aromatic nitrogens is 3. The summed E-state index contributed by atoms with van der Waals surface area (Å²) in [7, 11) is 0. The van der Waals surface area contributed by atoms with Crippen LogP contribution in [0, 0.1) is 0 Å². The van der Waals surface area contributed by atoms with Gasteiger partial charge in [0.05, 0.1) is 15.9 Å². The van der Waals surface area contributed by atoms with Crippen LogP contribution in [0.5, 0.6) is 0 Å². The van der Waals surface area contributed by atoms with Gasteiger partial charge in [-0.1, -0.05) is 24.3 Å². The quantitative estimate of drug-likeness (QED) is 0.744. The lowest BCUT2D eigenvalue weighted by atomic mass is 10.1. The zero-order chi connectivity index (χ0) is 15.4. The molecule has 2 heterocycles. The highest BCUT2D eigenvalue weighted by Crippen LogP contribution is 2.20.